The van der Waals surface area contributed by atoms with Gasteiger partial charge in [-0.1, -0.05) is 0 Å². The van der Waals surface area contributed by atoms with E-state index in [1.54, 1.807) is 11.1 Å². The Kier molecular flexibility index (Phi) is 2.75. The van der Waals surface area contributed by atoms with Gasteiger partial charge >= 0.3 is 0 Å². The van der Waals surface area contributed by atoms with Crippen molar-refractivity contribution in [3.05, 3.63) is 22.4 Å². The van der Waals surface area contributed by atoms with Crippen molar-refractivity contribution in [2.45, 2.75) is 19.4 Å². The summed E-state index contributed by atoms with van der Waals surface area (Å²) in [6.07, 6.45) is 1.28. The van der Waals surface area contributed by atoms with Crippen molar-refractivity contribution >= 4 is 27.5 Å². The van der Waals surface area contributed by atoms with E-state index < -0.39 is 6.10 Å². The molecule has 0 bridgehead atoms. The van der Waals surface area contributed by atoms with Crippen LogP contribution < -0.4 is 4.90 Å². The number of hydrogen-bond donors (Lipinski definition) is 1. The minimum atomic E-state index is -0.554. The Morgan fingerprint density at radius 1 is 1.67 bits per heavy atom. The van der Waals surface area contributed by atoms with E-state index in [4.69, 9.17) is 0 Å². The molecule has 0 spiro atoms. The number of carbonyl (C=O) groups excluding carboxylic acids is 1. The standard InChI is InChI=1S/C10H11BrN2O2/c1-6-2-7(4-12-10(6)11)13-5-8(14)3-9(13)15/h2,4,8,14H,3,5H2,1H3. The molecule has 0 aromatic carbocycles. The van der Waals surface area contributed by atoms with E-state index in [9.17, 15) is 9.90 Å². The number of aryl methyl sites for hydroxylation is 1. The van der Waals surface area contributed by atoms with Crippen LogP contribution in [-0.2, 0) is 4.79 Å². The predicted molar refractivity (Wildman–Crippen MR) is 59.7 cm³/mol. The van der Waals surface area contributed by atoms with Crippen LogP contribution in [0.4, 0.5) is 5.69 Å². The molecule has 1 aliphatic heterocycles. The number of aliphatic hydroxyl groups is 1. The zero-order valence-electron chi connectivity index (χ0n) is 8.27. The van der Waals surface area contributed by atoms with Crippen molar-refractivity contribution < 1.29 is 9.90 Å². The fraction of sp³-hybridized carbons (Fsp3) is 0.400. The van der Waals surface area contributed by atoms with Crippen molar-refractivity contribution in [3.8, 4) is 0 Å². The maximum atomic E-state index is 11.5. The molecule has 1 unspecified atom stereocenters. The molecule has 1 aromatic heterocycles. The number of pyridine rings is 1. The molecule has 5 heteroatoms. The van der Waals surface area contributed by atoms with E-state index in [0.717, 1.165) is 15.9 Å². The largest absolute Gasteiger partial charge is 0.391 e. The third kappa shape index (κ3) is 2.03. The first-order chi connectivity index (χ1) is 7.08. The maximum Gasteiger partial charge on any atom is 0.229 e. The summed E-state index contributed by atoms with van der Waals surface area (Å²) in [5, 5.41) is 9.36. The highest BCUT2D eigenvalue weighted by Gasteiger charge is 2.29. The first-order valence-electron chi connectivity index (χ1n) is 4.68. The Balaban J connectivity index is 2.30. The number of aliphatic hydroxyl groups excluding tert-OH is 1. The molecule has 2 rings (SSSR count). The van der Waals surface area contributed by atoms with Crippen molar-refractivity contribution in [1.82, 2.24) is 4.98 Å². The van der Waals surface area contributed by atoms with Crippen LogP contribution in [0, 0.1) is 6.92 Å². The van der Waals surface area contributed by atoms with Crippen LogP contribution in [0.25, 0.3) is 0 Å². The second kappa shape index (κ2) is 3.90. The molecule has 80 valence electrons. The molecule has 1 amide bonds. The van der Waals surface area contributed by atoms with E-state index in [0.29, 0.717) is 6.54 Å². The molecule has 1 atom stereocenters. The van der Waals surface area contributed by atoms with E-state index >= 15 is 0 Å². The first kappa shape index (κ1) is 10.6. The molecule has 0 aliphatic carbocycles. The maximum absolute atomic E-state index is 11.5. The lowest BCUT2D eigenvalue weighted by atomic mass is 10.3. The highest BCUT2D eigenvalue weighted by molar-refractivity contribution is 9.10. The van der Waals surface area contributed by atoms with Gasteiger partial charge in [0.05, 0.1) is 31.0 Å². The topological polar surface area (TPSA) is 53.4 Å². The van der Waals surface area contributed by atoms with Crippen LogP contribution in [-0.4, -0.2) is 28.6 Å². The first-order valence-corrected chi connectivity index (χ1v) is 5.48. The molecule has 0 radical (unpaired) electrons. The summed E-state index contributed by atoms with van der Waals surface area (Å²) < 4.78 is 0.776. The predicted octanol–water partition coefficient (Wildman–Crippen LogP) is 1.25. The summed E-state index contributed by atoms with van der Waals surface area (Å²) in [6.45, 7) is 2.28. The normalized spacial score (nSPS) is 21.1. The molecule has 0 saturated carbocycles. The monoisotopic (exact) mass is 270 g/mol. The van der Waals surface area contributed by atoms with Crippen LogP contribution in [0.2, 0.25) is 0 Å². The Morgan fingerprint density at radius 2 is 2.40 bits per heavy atom. The zero-order chi connectivity index (χ0) is 11.0. The van der Waals surface area contributed by atoms with Crippen LogP contribution in [0.3, 0.4) is 0 Å². The van der Waals surface area contributed by atoms with E-state index in [1.807, 2.05) is 13.0 Å². The average molecular weight is 271 g/mol. The number of halogens is 1. The van der Waals surface area contributed by atoms with Gasteiger partial charge in [0, 0.05) is 0 Å². The molecular formula is C10H11BrN2O2. The van der Waals surface area contributed by atoms with Crippen molar-refractivity contribution in [3.63, 3.8) is 0 Å². The summed E-state index contributed by atoms with van der Waals surface area (Å²) in [5.74, 6) is -0.0500. The van der Waals surface area contributed by atoms with Gasteiger partial charge in [0.25, 0.3) is 0 Å². The molecule has 15 heavy (non-hydrogen) atoms. The number of hydrogen-bond acceptors (Lipinski definition) is 3. The Labute approximate surface area is 96.1 Å². The number of nitrogens with zero attached hydrogens (tertiary/aromatic N) is 2. The SMILES string of the molecule is Cc1cc(N2CC(O)CC2=O)cnc1Br. The molecule has 1 N–H and O–H groups in total. The number of aromatic nitrogens is 1. The third-order valence-corrected chi connectivity index (χ3v) is 3.25. The van der Waals surface area contributed by atoms with Crippen LogP contribution >= 0.6 is 15.9 Å². The summed E-state index contributed by atoms with van der Waals surface area (Å²) in [5.41, 5.74) is 1.72. The highest BCUT2D eigenvalue weighted by Crippen LogP contribution is 2.24. The average Bonchev–Trinajstić information content (AvgIpc) is 2.50. The van der Waals surface area contributed by atoms with Gasteiger partial charge in [0.15, 0.2) is 0 Å². The zero-order valence-corrected chi connectivity index (χ0v) is 9.86. The fourth-order valence-corrected chi connectivity index (χ4v) is 1.85. The molecular weight excluding hydrogens is 260 g/mol. The third-order valence-electron chi connectivity index (χ3n) is 2.42. The van der Waals surface area contributed by atoms with Crippen LogP contribution in [0.5, 0.6) is 0 Å². The summed E-state index contributed by atoms with van der Waals surface area (Å²) >= 11 is 3.30. The lowest BCUT2D eigenvalue weighted by Gasteiger charge is -2.16. The Bertz CT molecular complexity index is 408. The Morgan fingerprint density at radius 3 is 2.93 bits per heavy atom. The molecule has 1 aliphatic rings. The molecule has 1 fully saturated rings. The van der Waals surface area contributed by atoms with E-state index in [2.05, 4.69) is 20.9 Å². The van der Waals surface area contributed by atoms with E-state index in [1.165, 1.54) is 0 Å². The van der Waals surface area contributed by atoms with Gasteiger partial charge in [-0.25, -0.2) is 4.98 Å². The number of rotatable bonds is 1. The molecule has 2 heterocycles. The number of carbonyl (C=O) groups is 1. The summed E-state index contributed by atoms with van der Waals surface area (Å²) in [6, 6.07) is 1.88. The van der Waals surface area contributed by atoms with Crippen molar-refractivity contribution in [1.29, 1.82) is 0 Å². The lowest BCUT2D eigenvalue weighted by Crippen LogP contribution is -2.25. The number of anilines is 1. The van der Waals surface area contributed by atoms with Gasteiger partial charge < -0.3 is 10.0 Å². The van der Waals surface area contributed by atoms with Gasteiger partial charge in [-0.15, -0.1) is 0 Å². The van der Waals surface area contributed by atoms with E-state index in [-0.39, 0.29) is 12.3 Å². The van der Waals surface area contributed by atoms with Gasteiger partial charge in [-0.3, -0.25) is 4.79 Å². The molecule has 1 aromatic rings. The minimum absolute atomic E-state index is 0.0500. The second-order valence-electron chi connectivity index (χ2n) is 3.66. The Hall–Kier alpha value is -0.940. The fourth-order valence-electron chi connectivity index (χ4n) is 1.63. The van der Waals surface area contributed by atoms with Gasteiger partial charge in [-0.2, -0.15) is 0 Å². The minimum Gasteiger partial charge on any atom is -0.391 e. The summed E-state index contributed by atoms with van der Waals surface area (Å²) in [7, 11) is 0. The molecule has 4 nitrogen and oxygen atoms in total. The van der Waals surface area contributed by atoms with Gasteiger partial charge in [0.2, 0.25) is 5.91 Å². The smallest absolute Gasteiger partial charge is 0.229 e. The molecule has 1 saturated heterocycles. The summed E-state index contributed by atoms with van der Waals surface area (Å²) in [4.78, 5) is 17.2. The number of amides is 1. The highest BCUT2D eigenvalue weighted by atomic mass is 79.9. The van der Waals surface area contributed by atoms with Crippen LogP contribution in [0.15, 0.2) is 16.9 Å². The van der Waals surface area contributed by atoms with Gasteiger partial charge in [0.1, 0.15) is 4.60 Å². The van der Waals surface area contributed by atoms with Gasteiger partial charge in [-0.05, 0) is 34.5 Å². The van der Waals surface area contributed by atoms with Crippen molar-refractivity contribution in [2.75, 3.05) is 11.4 Å². The second-order valence-corrected chi connectivity index (χ2v) is 4.41. The lowest BCUT2D eigenvalue weighted by molar-refractivity contribution is -0.117. The quantitative estimate of drug-likeness (QED) is 0.782. The van der Waals surface area contributed by atoms with Crippen LogP contribution in [0.1, 0.15) is 12.0 Å². The number of β-amino-alcohol motifs (C(OH)–C–C–N with tert-alkyl or cyclic N) is 1. The van der Waals surface area contributed by atoms with Crippen molar-refractivity contribution in [2.24, 2.45) is 0 Å².